The molecule has 0 bridgehead atoms. The molecule has 0 radical (unpaired) electrons. The van der Waals surface area contributed by atoms with Crippen LogP contribution in [0.2, 0.25) is 0 Å². The van der Waals surface area contributed by atoms with Gasteiger partial charge in [-0.1, -0.05) is 6.07 Å². The van der Waals surface area contributed by atoms with Crippen LogP contribution < -0.4 is 14.8 Å². The minimum atomic E-state index is -0.975. The predicted octanol–water partition coefficient (Wildman–Crippen LogP) is 3.10. The zero-order valence-corrected chi connectivity index (χ0v) is 13.7. The van der Waals surface area contributed by atoms with Crippen molar-refractivity contribution in [2.24, 2.45) is 0 Å². The Hall–Kier alpha value is -3.14. The maximum atomic E-state index is 13.2. The second-order valence-corrected chi connectivity index (χ2v) is 5.23. The van der Waals surface area contributed by atoms with Crippen molar-refractivity contribution in [3.8, 4) is 17.6 Å². The summed E-state index contributed by atoms with van der Waals surface area (Å²) in [6.45, 7) is 1.35. The maximum Gasteiger partial charge on any atom is 0.258 e. The first kappa shape index (κ1) is 18.2. The Balaban J connectivity index is 1.96. The Labute approximate surface area is 143 Å². The fraction of sp³-hybridized carbons (Fsp3) is 0.222. The summed E-state index contributed by atoms with van der Waals surface area (Å²) in [7, 11) is 1.43. The fourth-order valence-electron chi connectivity index (χ4n) is 2.15. The maximum absolute atomic E-state index is 13.2. The Bertz CT molecular complexity index is 818. The molecule has 25 heavy (non-hydrogen) atoms. The van der Waals surface area contributed by atoms with Crippen LogP contribution in [0.1, 0.15) is 24.1 Å². The van der Waals surface area contributed by atoms with E-state index in [1.54, 1.807) is 13.0 Å². The summed E-state index contributed by atoms with van der Waals surface area (Å²) < 4.78 is 36.7. The summed E-state index contributed by atoms with van der Waals surface area (Å²) in [6, 6.07) is 9.46. The standard InChI is InChI=1S/C18H16F2N2O3/c1-11(13-4-5-14(19)15(20)8-13)22-18(23)10-25-16-6-3-12(9-21)7-17(16)24-2/h3-8,11H,10H2,1-2H3,(H,22,23). The van der Waals surface area contributed by atoms with Crippen molar-refractivity contribution in [1.82, 2.24) is 5.32 Å². The lowest BCUT2D eigenvalue weighted by Crippen LogP contribution is -2.31. The number of methoxy groups -OCH3 is 1. The van der Waals surface area contributed by atoms with Crippen molar-refractivity contribution in [2.75, 3.05) is 13.7 Å². The van der Waals surface area contributed by atoms with Crippen molar-refractivity contribution in [3.05, 3.63) is 59.2 Å². The van der Waals surface area contributed by atoms with Crippen LogP contribution >= 0.6 is 0 Å². The van der Waals surface area contributed by atoms with E-state index in [1.807, 2.05) is 6.07 Å². The van der Waals surface area contributed by atoms with E-state index < -0.39 is 23.6 Å². The number of carbonyl (C=O) groups excluding carboxylic acids is 1. The number of rotatable bonds is 6. The van der Waals surface area contributed by atoms with Crippen LogP contribution in [-0.4, -0.2) is 19.6 Å². The monoisotopic (exact) mass is 346 g/mol. The predicted molar refractivity (Wildman–Crippen MR) is 86.1 cm³/mol. The molecule has 2 rings (SSSR count). The third-order valence-corrected chi connectivity index (χ3v) is 3.47. The average molecular weight is 346 g/mol. The van der Waals surface area contributed by atoms with E-state index in [0.717, 1.165) is 12.1 Å². The van der Waals surface area contributed by atoms with Gasteiger partial charge in [-0.3, -0.25) is 4.79 Å². The number of carbonyl (C=O) groups is 1. The molecule has 0 aliphatic rings. The number of nitrogens with one attached hydrogen (secondary N) is 1. The van der Waals surface area contributed by atoms with Gasteiger partial charge in [-0.15, -0.1) is 0 Å². The minimum absolute atomic E-state index is 0.295. The molecule has 0 spiro atoms. The molecule has 0 aromatic heterocycles. The van der Waals surface area contributed by atoms with Gasteiger partial charge in [0.25, 0.3) is 5.91 Å². The summed E-state index contributed by atoms with van der Waals surface area (Å²) in [5.41, 5.74) is 0.837. The Morgan fingerprint density at radius 1 is 1.20 bits per heavy atom. The molecular weight excluding hydrogens is 330 g/mol. The minimum Gasteiger partial charge on any atom is -0.493 e. The molecule has 0 saturated heterocycles. The van der Waals surface area contributed by atoms with Gasteiger partial charge in [0.2, 0.25) is 0 Å². The molecule has 5 nitrogen and oxygen atoms in total. The molecule has 0 heterocycles. The Morgan fingerprint density at radius 3 is 2.60 bits per heavy atom. The van der Waals surface area contributed by atoms with Gasteiger partial charge in [-0.05, 0) is 36.8 Å². The summed E-state index contributed by atoms with van der Waals surface area (Å²) in [5, 5.41) is 11.5. The van der Waals surface area contributed by atoms with E-state index in [9.17, 15) is 13.6 Å². The molecule has 130 valence electrons. The van der Waals surface area contributed by atoms with Gasteiger partial charge in [0.15, 0.2) is 29.7 Å². The zero-order chi connectivity index (χ0) is 18.4. The lowest BCUT2D eigenvalue weighted by atomic mass is 10.1. The molecular formula is C18H16F2N2O3. The van der Waals surface area contributed by atoms with E-state index in [-0.39, 0.29) is 6.61 Å². The van der Waals surface area contributed by atoms with Gasteiger partial charge >= 0.3 is 0 Å². The van der Waals surface area contributed by atoms with Crippen molar-refractivity contribution in [1.29, 1.82) is 5.26 Å². The van der Waals surface area contributed by atoms with Crippen molar-refractivity contribution in [2.45, 2.75) is 13.0 Å². The number of hydrogen-bond acceptors (Lipinski definition) is 4. The summed E-state index contributed by atoms with van der Waals surface area (Å²) >= 11 is 0. The van der Waals surface area contributed by atoms with Gasteiger partial charge in [0.1, 0.15) is 0 Å². The lowest BCUT2D eigenvalue weighted by molar-refractivity contribution is -0.123. The molecule has 2 aromatic rings. The Morgan fingerprint density at radius 2 is 1.96 bits per heavy atom. The number of benzene rings is 2. The second kappa shape index (κ2) is 8.11. The zero-order valence-electron chi connectivity index (χ0n) is 13.7. The normalized spacial score (nSPS) is 11.3. The van der Waals surface area contributed by atoms with Crippen LogP contribution in [0.5, 0.6) is 11.5 Å². The van der Waals surface area contributed by atoms with Gasteiger partial charge < -0.3 is 14.8 Å². The van der Waals surface area contributed by atoms with E-state index in [4.69, 9.17) is 14.7 Å². The first-order valence-electron chi connectivity index (χ1n) is 7.40. The summed E-state index contributed by atoms with van der Waals surface area (Å²) in [6.07, 6.45) is 0. The third kappa shape index (κ3) is 4.67. The number of nitriles is 1. The molecule has 2 aromatic carbocycles. The highest BCUT2D eigenvalue weighted by molar-refractivity contribution is 5.78. The fourth-order valence-corrected chi connectivity index (χ4v) is 2.15. The average Bonchev–Trinajstić information content (AvgIpc) is 2.61. The molecule has 1 amide bonds. The van der Waals surface area contributed by atoms with Crippen LogP contribution in [-0.2, 0) is 4.79 Å². The molecule has 0 aliphatic carbocycles. The van der Waals surface area contributed by atoms with E-state index >= 15 is 0 Å². The van der Waals surface area contributed by atoms with Gasteiger partial charge in [-0.25, -0.2) is 8.78 Å². The van der Waals surface area contributed by atoms with Gasteiger partial charge in [0, 0.05) is 6.07 Å². The molecule has 0 aliphatic heterocycles. The smallest absolute Gasteiger partial charge is 0.258 e. The van der Waals surface area contributed by atoms with Gasteiger partial charge in [-0.2, -0.15) is 5.26 Å². The SMILES string of the molecule is COc1cc(C#N)ccc1OCC(=O)NC(C)c1ccc(F)c(F)c1. The number of amides is 1. The quantitative estimate of drug-likeness (QED) is 0.872. The molecule has 0 fully saturated rings. The van der Waals surface area contributed by atoms with Crippen molar-refractivity contribution < 1.29 is 23.0 Å². The first-order valence-corrected chi connectivity index (χ1v) is 7.40. The highest BCUT2D eigenvalue weighted by Crippen LogP contribution is 2.27. The molecule has 7 heteroatoms. The number of hydrogen-bond donors (Lipinski definition) is 1. The second-order valence-electron chi connectivity index (χ2n) is 5.23. The third-order valence-electron chi connectivity index (χ3n) is 3.47. The molecule has 1 N–H and O–H groups in total. The van der Waals surface area contributed by atoms with Crippen molar-refractivity contribution in [3.63, 3.8) is 0 Å². The van der Waals surface area contributed by atoms with E-state index in [2.05, 4.69) is 5.32 Å². The van der Waals surface area contributed by atoms with Gasteiger partial charge in [0.05, 0.1) is 24.8 Å². The largest absolute Gasteiger partial charge is 0.493 e. The Kier molecular flexibility index (Phi) is 5.90. The van der Waals surface area contributed by atoms with E-state index in [1.165, 1.54) is 25.3 Å². The number of ether oxygens (including phenoxy) is 2. The van der Waals surface area contributed by atoms with Crippen molar-refractivity contribution >= 4 is 5.91 Å². The lowest BCUT2D eigenvalue weighted by Gasteiger charge is -2.15. The molecule has 1 atom stereocenters. The molecule has 0 saturated carbocycles. The highest BCUT2D eigenvalue weighted by atomic mass is 19.2. The summed E-state index contributed by atoms with van der Waals surface area (Å²) in [5.74, 6) is -1.71. The topological polar surface area (TPSA) is 71.3 Å². The summed E-state index contributed by atoms with van der Waals surface area (Å²) in [4.78, 5) is 12.0. The number of halogens is 2. The first-order chi connectivity index (χ1) is 11.9. The van der Waals surface area contributed by atoms with Crippen LogP contribution in [0.3, 0.4) is 0 Å². The van der Waals surface area contributed by atoms with E-state index in [0.29, 0.717) is 22.6 Å². The van der Waals surface area contributed by atoms with Crippen LogP contribution in [0.15, 0.2) is 36.4 Å². The van der Waals surface area contributed by atoms with Crippen LogP contribution in [0, 0.1) is 23.0 Å². The van der Waals surface area contributed by atoms with Crippen LogP contribution in [0.4, 0.5) is 8.78 Å². The van der Waals surface area contributed by atoms with Crippen LogP contribution in [0.25, 0.3) is 0 Å². The molecule has 1 unspecified atom stereocenters. The number of nitrogens with zero attached hydrogens (tertiary/aromatic N) is 1. The highest BCUT2D eigenvalue weighted by Gasteiger charge is 2.14.